The number of amides is 2. The van der Waals surface area contributed by atoms with Crippen molar-refractivity contribution in [3.05, 3.63) is 60.2 Å². The highest BCUT2D eigenvalue weighted by molar-refractivity contribution is 7.89. The first-order chi connectivity index (χ1) is 15.4. The molecule has 1 saturated heterocycles. The van der Waals surface area contributed by atoms with Gasteiger partial charge >= 0.3 is 6.09 Å². The predicted octanol–water partition coefficient (Wildman–Crippen LogP) is 4.08. The predicted molar refractivity (Wildman–Crippen MR) is 124 cm³/mol. The van der Waals surface area contributed by atoms with Gasteiger partial charge in [0.05, 0.1) is 12.0 Å². The lowest BCUT2D eigenvalue weighted by Crippen LogP contribution is -2.31. The van der Waals surface area contributed by atoms with Crippen LogP contribution in [0.3, 0.4) is 0 Å². The Morgan fingerprint density at radius 1 is 0.875 bits per heavy atom. The Morgan fingerprint density at radius 2 is 1.44 bits per heavy atom. The molecule has 8 nitrogen and oxygen atoms in total. The van der Waals surface area contributed by atoms with E-state index in [9.17, 15) is 18.0 Å². The molecule has 0 saturated carbocycles. The summed E-state index contributed by atoms with van der Waals surface area (Å²) >= 11 is 0. The molecule has 0 radical (unpaired) electrons. The van der Waals surface area contributed by atoms with E-state index in [2.05, 4.69) is 15.4 Å². The second-order valence-electron chi connectivity index (χ2n) is 7.40. The van der Waals surface area contributed by atoms with Crippen molar-refractivity contribution in [2.75, 3.05) is 30.8 Å². The van der Waals surface area contributed by atoms with Gasteiger partial charge in [-0.3, -0.25) is 10.1 Å². The number of ether oxygens (including phenoxy) is 1. The summed E-state index contributed by atoms with van der Waals surface area (Å²) in [5.41, 5.74) is 1.82. The Kier molecular flexibility index (Phi) is 8.02. The van der Waals surface area contributed by atoms with Gasteiger partial charge in [-0.05, 0) is 60.9 Å². The van der Waals surface area contributed by atoms with Gasteiger partial charge in [0.25, 0.3) is 0 Å². The molecule has 170 valence electrons. The number of nitrogens with zero attached hydrogens (tertiary/aromatic N) is 1. The van der Waals surface area contributed by atoms with Gasteiger partial charge in [0.2, 0.25) is 15.9 Å². The smallest absolute Gasteiger partial charge is 0.411 e. The second kappa shape index (κ2) is 10.9. The number of sulfonamides is 1. The van der Waals surface area contributed by atoms with E-state index in [4.69, 9.17) is 0 Å². The van der Waals surface area contributed by atoms with Gasteiger partial charge in [-0.2, -0.15) is 4.31 Å². The molecular formula is C23H27N3O5S. The van der Waals surface area contributed by atoms with Gasteiger partial charge in [-0.25, -0.2) is 13.2 Å². The normalized spacial score (nSPS) is 15.2. The van der Waals surface area contributed by atoms with Gasteiger partial charge in [0, 0.05) is 30.5 Å². The third kappa shape index (κ3) is 6.41. The molecule has 1 heterocycles. The standard InChI is InChI=1S/C23H27N3O5S/c1-31-23(28)25-20-11-9-19(10-12-20)24-22(27)15-8-18-6-13-21(14-7-18)32(29,30)26-16-4-2-3-5-17-26/h6-15H,2-5,16-17H2,1H3,(H,24,27)(H,25,28). The van der Waals surface area contributed by atoms with Crippen LogP contribution < -0.4 is 10.6 Å². The average Bonchev–Trinajstić information content (AvgIpc) is 3.09. The molecule has 1 aliphatic rings. The molecule has 2 aromatic rings. The van der Waals surface area contributed by atoms with E-state index in [1.807, 2.05) is 0 Å². The van der Waals surface area contributed by atoms with E-state index >= 15 is 0 Å². The Labute approximate surface area is 188 Å². The fourth-order valence-corrected chi connectivity index (χ4v) is 4.86. The quantitative estimate of drug-likeness (QED) is 0.636. The number of methoxy groups -OCH3 is 1. The number of carbonyl (C=O) groups is 2. The lowest BCUT2D eigenvalue weighted by molar-refractivity contribution is -0.111. The van der Waals surface area contributed by atoms with Crippen LogP contribution in [0.25, 0.3) is 6.08 Å². The Morgan fingerprint density at radius 3 is 2.00 bits per heavy atom. The zero-order chi connectivity index (χ0) is 23.0. The van der Waals surface area contributed by atoms with E-state index in [0.717, 1.165) is 25.7 Å². The zero-order valence-electron chi connectivity index (χ0n) is 17.9. The van der Waals surface area contributed by atoms with Crippen LogP contribution in [0.15, 0.2) is 59.5 Å². The second-order valence-corrected chi connectivity index (χ2v) is 9.34. The van der Waals surface area contributed by atoms with Crippen molar-refractivity contribution >= 4 is 39.5 Å². The summed E-state index contributed by atoms with van der Waals surface area (Å²) in [6, 6.07) is 13.1. The molecule has 0 spiro atoms. The maximum absolute atomic E-state index is 12.8. The summed E-state index contributed by atoms with van der Waals surface area (Å²) in [7, 11) is -2.21. The first-order valence-electron chi connectivity index (χ1n) is 10.4. The van der Waals surface area contributed by atoms with Crippen LogP contribution in [-0.2, 0) is 19.6 Å². The number of rotatable bonds is 6. The SMILES string of the molecule is COC(=O)Nc1ccc(NC(=O)C=Cc2ccc(S(=O)(=O)N3CCCCCC3)cc2)cc1. The summed E-state index contributed by atoms with van der Waals surface area (Å²) in [5, 5.41) is 5.24. The summed E-state index contributed by atoms with van der Waals surface area (Å²) in [6.45, 7) is 1.12. The third-order valence-corrected chi connectivity index (χ3v) is 7.01. The van der Waals surface area contributed by atoms with Gasteiger partial charge in [-0.15, -0.1) is 0 Å². The summed E-state index contributed by atoms with van der Waals surface area (Å²) in [6.07, 6.45) is 6.32. The largest absolute Gasteiger partial charge is 0.453 e. The minimum absolute atomic E-state index is 0.265. The zero-order valence-corrected chi connectivity index (χ0v) is 18.7. The van der Waals surface area contributed by atoms with Crippen molar-refractivity contribution in [3.8, 4) is 0 Å². The van der Waals surface area contributed by atoms with Crippen LogP contribution >= 0.6 is 0 Å². The van der Waals surface area contributed by atoms with E-state index in [-0.39, 0.29) is 10.8 Å². The Hall–Kier alpha value is -3.17. The molecule has 0 unspecified atom stereocenters. The summed E-state index contributed by atoms with van der Waals surface area (Å²) in [5.74, 6) is -0.333. The Bertz CT molecular complexity index is 1060. The van der Waals surface area contributed by atoms with Crippen LogP contribution in [0.1, 0.15) is 31.2 Å². The molecule has 2 N–H and O–H groups in total. The number of anilines is 2. The molecule has 1 fully saturated rings. The molecular weight excluding hydrogens is 430 g/mol. The lowest BCUT2D eigenvalue weighted by atomic mass is 10.2. The summed E-state index contributed by atoms with van der Waals surface area (Å²) in [4.78, 5) is 23.6. The van der Waals surface area contributed by atoms with Gasteiger partial charge in [0.15, 0.2) is 0 Å². The number of benzene rings is 2. The topological polar surface area (TPSA) is 105 Å². The number of carbonyl (C=O) groups excluding carboxylic acids is 2. The van der Waals surface area contributed by atoms with E-state index in [1.165, 1.54) is 13.2 Å². The number of hydrogen-bond acceptors (Lipinski definition) is 5. The molecule has 1 aliphatic heterocycles. The molecule has 0 aromatic heterocycles. The number of nitrogens with one attached hydrogen (secondary N) is 2. The van der Waals surface area contributed by atoms with E-state index in [0.29, 0.717) is 30.0 Å². The van der Waals surface area contributed by atoms with Crippen LogP contribution in [0, 0.1) is 0 Å². The van der Waals surface area contributed by atoms with Crippen LogP contribution in [0.5, 0.6) is 0 Å². The molecule has 0 aliphatic carbocycles. The third-order valence-electron chi connectivity index (χ3n) is 5.09. The fraction of sp³-hybridized carbons (Fsp3) is 0.304. The van der Waals surface area contributed by atoms with Crippen molar-refractivity contribution < 1.29 is 22.7 Å². The minimum atomic E-state index is -3.49. The van der Waals surface area contributed by atoms with Crippen molar-refractivity contribution in [1.82, 2.24) is 4.31 Å². The van der Waals surface area contributed by atoms with Gasteiger partial charge in [-0.1, -0.05) is 25.0 Å². The van der Waals surface area contributed by atoms with Crippen LogP contribution in [0.2, 0.25) is 0 Å². The molecule has 3 rings (SSSR count). The van der Waals surface area contributed by atoms with E-state index < -0.39 is 16.1 Å². The highest BCUT2D eigenvalue weighted by Crippen LogP contribution is 2.21. The van der Waals surface area contributed by atoms with Gasteiger partial charge in [0.1, 0.15) is 0 Å². The van der Waals surface area contributed by atoms with Crippen molar-refractivity contribution in [1.29, 1.82) is 0 Å². The number of hydrogen-bond donors (Lipinski definition) is 2. The molecule has 0 atom stereocenters. The summed E-state index contributed by atoms with van der Waals surface area (Å²) < 4.78 is 31.7. The van der Waals surface area contributed by atoms with Crippen LogP contribution in [-0.4, -0.2) is 44.9 Å². The van der Waals surface area contributed by atoms with E-state index in [1.54, 1.807) is 58.9 Å². The molecule has 2 aromatic carbocycles. The van der Waals surface area contributed by atoms with Crippen molar-refractivity contribution in [2.45, 2.75) is 30.6 Å². The monoisotopic (exact) mass is 457 g/mol. The van der Waals surface area contributed by atoms with Crippen molar-refractivity contribution in [3.63, 3.8) is 0 Å². The van der Waals surface area contributed by atoms with Crippen LogP contribution in [0.4, 0.5) is 16.2 Å². The first-order valence-corrected chi connectivity index (χ1v) is 11.9. The van der Waals surface area contributed by atoms with Gasteiger partial charge < -0.3 is 10.1 Å². The molecule has 0 bridgehead atoms. The maximum Gasteiger partial charge on any atom is 0.411 e. The highest BCUT2D eigenvalue weighted by atomic mass is 32.2. The van der Waals surface area contributed by atoms with Crippen molar-refractivity contribution in [2.24, 2.45) is 0 Å². The average molecular weight is 458 g/mol. The molecule has 9 heteroatoms. The Balaban J connectivity index is 1.58. The lowest BCUT2D eigenvalue weighted by Gasteiger charge is -2.19. The minimum Gasteiger partial charge on any atom is -0.453 e. The first kappa shape index (κ1) is 23.5. The maximum atomic E-state index is 12.8. The fourth-order valence-electron chi connectivity index (χ4n) is 3.34. The highest BCUT2D eigenvalue weighted by Gasteiger charge is 2.24. The molecule has 32 heavy (non-hydrogen) atoms. The molecule has 2 amide bonds.